The first-order chi connectivity index (χ1) is 9.42. The molecule has 2 fully saturated rings. The Hall–Kier alpha value is -0.370. The van der Waals surface area contributed by atoms with Crippen LogP contribution >= 0.6 is 0 Å². The molecule has 0 amide bonds. The highest BCUT2D eigenvalue weighted by Gasteiger charge is 2.46. The van der Waals surface area contributed by atoms with Crippen LogP contribution in [0.4, 0.5) is 0 Å². The molecular formula is C18H32O2. The van der Waals surface area contributed by atoms with Gasteiger partial charge in [-0.3, -0.25) is 4.79 Å². The molecule has 0 unspecified atom stereocenters. The van der Waals surface area contributed by atoms with E-state index in [1.54, 1.807) is 7.11 Å². The molecule has 0 N–H and O–H groups in total. The van der Waals surface area contributed by atoms with E-state index in [0.29, 0.717) is 11.2 Å². The van der Waals surface area contributed by atoms with E-state index in [0.717, 1.165) is 44.4 Å². The van der Waals surface area contributed by atoms with E-state index in [1.807, 2.05) is 0 Å². The first kappa shape index (κ1) is 16.0. The van der Waals surface area contributed by atoms with Gasteiger partial charge in [-0.2, -0.15) is 0 Å². The molecule has 0 bridgehead atoms. The lowest BCUT2D eigenvalue weighted by Crippen LogP contribution is -2.49. The van der Waals surface area contributed by atoms with Gasteiger partial charge >= 0.3 is 0 Å². The van der Waals surface area contributed by atoms with Crippen molar-refractivity contribution in [2.45, 2.75) is 84.2 Å². The van der Waals surface area contributed by atoms with Crippen LogP contribution in [0.1, 0.15) is 78.6 Å². The van der Waals surface area contributed by atoms with Crippen molar-refractivity contribution in [1.82, 2.24) is 0 Å². The molecule has 0 spiro atoms. The monoisotopic (exact) mass is 280 g/mol. The van der Waals surface area contributed by atoms with Crippen LogP contribution in [0.3, 0.4) is 0 Å². The van der Waals surface area contributed by atoms with E-state index < -0.39 is 5.60 Å². The molecule has 2 saturated carbocycles. The van der Waals surface area contributed by atoms with Crippen LogP contribution in [-0.2, 0) is 9.53 Å². The fourth-order valence-corrected chi connectivity index (χ4v) is 4.09. The molecule has 0 aromatic carbocycles. The number of Topliss-reactive ketones (excluding diaryl/α,β-unsaturated/α-hetero) is 1. The molecule has 20 heavy (non-hydrogen) atoms. The maximum Gasteiger partial charge on any atom is 0.167 e. The van der Waals surface area contributed by atoms with E-state index in [2.05, 4.69) is 20.8 Å². The summed E-state index contributed by atoms with van der Waals surface area (Å²) in [5.41, 5.74) is -0.0819. The van der Waals surface area contributed by atoms with Gasteiger partial charge in [-0.05, 0) is 62.7 Å². The molecule has 0 aliphatic heterocycles. The number of carbonyl (C=O) groups is 1. The molecule has 0 radical (unpaired) electrons. The lowest BCUT2D eigenvalue weighted by Gasteiger charge is -2.43. The number of hydrogen-bond acceptors (Lipinski definition) is 2. The molecule has 0 heterocycles. The van der Waals surface area contributed by atoms with E-state index in [1.165, 1.54) is 19.3 Å². The van der Waals surface area contributed by atoms with Gasteiger partial charge in [0.05, 0.1) is 0 Å². The zero-order chi connectivity index (χ0) is 14.8. The van der Waals surface area contributed by atoms with E-state index in [-0.39, 0.29) is 5.92 Å². The highest BCUT2D eigenvalue weighted by molar-refractivity contribution is 5.89. The number of carbonyl (C=O) groups excluding carboxylic acids is 1. The van der Waals surface area contributed by atoms with Gasteiger partial charge in [0.15, 0.2) is 5.78 Å². The predicted molar refractivity (Wildman–Crippen MR) is 82.7 cm³/mol. The zero-order valence-corrected chi connectivity index (χ0v) is 13.8. The van der Waals surface area contributed by atoms with Crippen LogP contribution in [-0.4, -0.2) is 18.5 Å². The van der Waals surface area contributed by atoms with Crippen molar-refractivity contribution < 1.29 is 9.53 Å². The van der Waals surface area contributed by atoms with Crippen LogP contribution in [0.15, 0.2) is 0 Å². The minimum atomic E-state index is -0.459. The number of hydrogen-bond donors (Lipinski definition) is 0. The first-order valence-corrected chi connectivity index (χ1v) is 8.52. The van der Waals surface area contributed by atoms with Gasteiger partial charge in [0, 0.05) is 13.0 Å². The summed E-state index contributed by atoms with van der Waals surface area (Å²) in [7, 11) is 1.74. The predicted octanol–water partition coefficient (Wildman–Crippen LogP) is 4.76. The Balaban J connectivity index is 1.99. The number of ether oxygens (including phenoxy) is 1. The van der Waals surface area contributed by atoms with Crippen LogP contribution < -0.4 is 0 Å². The summed E-state index contributed by atoms with van der Waals surface area (Å²) >= 11 is 0. The molecule has 116 valence electrons. The summed E-state index contributed by atoms with van der Waals surface area (Å²) in [4.78, 5) is 13.0. The molecule has 2 aliphatic rings. The quantitative estimate of drug-likeness (QED) is 0.742. The average Bonchev–Trinajstić information content (AvgIpc) is 2.47. The van der Waals surface area contributed by atoms with Crippen molar-refractivity contribution in [3.05, 3.63) is 0 Å². The summed E-state index contributed by atoms with van der Waals surface area (Å²) in [6.07, 6.45) is 9.97. The van der Waals surface area contributed by atoms with Crippen molar-refractivity contribution in [1.29, 1.82) is 0 Å². The van der Waals surface area contributed by atoms with Crippen molar-refractivity contribution in [3.8, 4) is 0 Å². The third-order valence-electron chi connectivity index (χ3n) is 6.05. The molecule has 2 heteroatoms. The number of methoxy groups -OCH3 is 1. The summed E-state index contributed by atoms with van der Waals surface area (Å²) in [6.45, 7) is 6.89. The minimum Gasteiger partial charge on any atom is -0.370 e. The van der Waals surface area contributed by atoms with Gasteiger partial charge in [-0.1, -0.05) is 27.2 Å². The van der Waals surface area contributed by atoms with E-state index in [4.69, 9.17) is 4.74 Å². The third-order valence-corrected chi connectivity index (χ3v) is 6.05. The van der Waals surface area contributed by atoms with Gasteiger partial charge in [-0.25, -0.2) is 0 Å². The Bertz CT molecular complexity index is 327. The molecule has 0 saturated heterocycles. The molecular weight excluding hydrogens is 248 g/mol. The SMILES string of the molecule is CCC1CCC(C(=O)C2(OC)CCC(C)(C)CC2)CC1. The normalized spacial score (nSPS) is 32.8. The summed E-state index contributed by atoms with van der Waals surface area (Å²) in [5.74, 6) is 1.53. The van der Waals surface area contributed by atoms with Crippen molar-refractivity contribution in [3.63, 3.8) is 0 Å². The van der Waals surface area contributed by atoms with E-state index in [9.17, 15) is 4.79 Å². The van der Waals surface area contributed by atoms with Crippen LogP contribution in [0.25, 0.3) is 0 Å². The van der Waals surface area contributed by atoms with E-state index >= 15 is 0 Å². The Labute approximate surface area is 124 Å². The Morgan fingerprint density at radius 3 is 2.05 bits per heavy atom. The summed E-state index contributed by atoms with van der Waals surface area (Å²) in [5, 5.41) is 0. The van der Waals surface area contributed by atoms with Crippen LogP contribution in [0.2, 0.25) is 0 Å². The standard InChI is InChI=1S/C18H32O2/c1-5-14-6-8-15(9-7-14)16(19)18(20-4)12-10-17(2,3)11-13-18/h14-15H,5-13H2,1-4H3. The van der Waals surface area contributed by atoms with Gasteiger partial charge in [0.25, 0.3) is 0 Å². The average molecular weight is 280 g/mol. The molecule has 0 aromatic heterocycles. The van der Waals surface area contributed by atoms with Gasteiger partial charge < -0.3 is 4.74 Å². The van der Waals surface area contributed by atoms with Crippen molar-refractivity contribution in [2.24, 2.45) is 17.3 Å². The molecule has 0 atom stereocenters. The zero-order valence-electron chi connectivity index (χ0n) is 13.8. The van der Waals surface area contributed by atoms with Gasteiger partial charge in [0.1, 0.15) is 5.60 Å². The smallest absolute Gasteiger partial charge is 0.167 e. The second-order valence-electron chi connectivity index (χ2n) is 7.85. The molecule has 2 nitrogen and oxygen atoms in total. The lowest BCUT2D eigenvalue weighted by molar-refractivity contribution is -0.153. The first-order valence-electron chi connectivity index (χ1n) is 8.52. The third kappa shape index (κ3) is 3.27. The molecule has 2 rings (SSSR count). The Kier molecular flexibility index (Phi) is 4.94. The maximum atomic E-state index is 13.0. The number of ketones is 1. The largest absolute Gasteiger partial charge is 0.370 e. The lowest BCUT2D eigenvalue weighted by atomic mass is 9.66. The Morgan fingerprint density at radius 2 is 1.60 bits per heavy atom. The summed E-state index contributed by atoms with van der Waals surface area (Å²) in [6, 6.07) is 0. The topological polar surface area (TPSA) is 26.3 Å². The molecule has 2 aliphatic carbocycles. The fraction of sp³-hybridized carbons (Fsp3) is 0.944. The highest BCUT2D eigenvalue weighted by Crippen LogP contribution is 2.45. The fourth-order valence-electron chi connectivity index (χ4n) is 4.09. The number of rotatable bonds is 4. The summed E-state index contributed by atoms with van der Waals surface area (Å²) < 4.78 is 5.79. The second kappa shape index (κ2) is 6.17. The van der Waals surface area contributed by atoms with Crippen molar-refractivity contribution in [2.75, 3.05) is 7.11 Å². The van der Waals surface area contributed by atoms with Gasteiger partial charge in [-0.15, -0.1) is 0 Å². The van der Waals surface area contributed by atoms with Gasteiger partial charge in [0.2, 0.25) is 0 Å². The Morgan fingerprint density at radius 1 is 1.05 bits per heavy atom. The second-order valence-corrected chi connectivity index (χ2v) is 7.85. The minimum absolute atomic E-state index is 0.263. The van der Waals surface area contributed by atoms with Crippen molar-refractivity contribution >= 4 is 5.78 Å². The molecule has 0 aromatic rings. The van der Waals surface area contributed by atoms with Crippen LogP contribution in [0.5, 0.6) is 0 Å². The highest BCUT2D eigenvalue weighted by atomic mass is 16.5. The maximum absolute atomic E-state index is 13.0. The van der Waals surface area contributed by atoms with Crippen LogP contribution in [0, 0.1) is 17.3 Å².